The van der Waals surface area contributed by atoms with Gasteiger partial charge < -0.3 is 4.90 Å². The Labute approximate surface area is 113 Å². The lowest BCUT2D eigenvalue weighted by Gasteiger charge is -2.35. The molecule has 0 spiro atoms. The number of carbonyl (C=O) groups excluding carboxylic acids is 1. The first-order valence-electron chi connectivity index (χ1n) is 7.52. The van der Waals surface area contributed by atoms with Crippen molar-refractivity contribution in [2.45, 2.75) is 47.0 Å². The van der Waals surface area contributed by atoms with E-state index in [9.17, 15) is 4.79 Å². The second-order valence-corrected chi connectivity index (χ2v) is 6.21. The zero-order chi connectivity index (χ0) is 13.5. The molecule has 0 atom stereocenters. The van der Waals surface area contributed by atoms with E-state index in [0.29, 0.717) is 5.91 Å². The van der Waals surface area contributed by atoms with Crippen molar-refractivity contribution in [3.8, 4) is 0 Å². The highest BCUT2D eigenvalue weighted by Crippen LogP contribution is 2.10. The van der Waals surface area contributed by atoms with Crippen molar-refractivity contribution in [2.24, 2.45) is 11.8 Å². The molecule has 106 valence electrons. The van der Waals surface area contributed by atoms with E-state index >= 15 is 0 Å². The number of nitrogens with zero attached hydrogens (tertiary/aromatic N) is 2. The lowest BCUT2D eigenvalue weighted by Crippen LogP contribution is -2.49. The van der Waals surface area contributed by atoms with Crippen LogP contribution in [0.2, 0.25) is 0 Å². The Bertz CT molecular complexity index is 243. The van der Waals surface area contributed by atoms with E-state index in [4.69, 9.17) is 0 Å². The monoisotopic (exact) mass is 254 g/mol. The third kappa shape index (κ3) is 5.38. The molecule has 18 heavy (non-hydrogen) atoms. The number of carbonyl (C=O) groups is 1. The summed E-state index contributed by atoms with van der Waals surface area (Å²) < 4.78 is 0. The highest BCUT2D eigenvalue weighted by molar-refractivity contribution is 5.78. The van der Waals surface area contributed by atoms with E-state index in [1.54, 1.807) is 0 Å². The summed E-state index contributed by atoms with van der Waals surface area (Å²) in [6.07, 6.45) is 3.98. The van der Waals surface area contributed by atoms with Gasteiger partial charge in [0.2, 0.25) is 5.91 Å². The van der Waals surface area contributed by atoms with Gasteiger partial charge in [-0.2, -0.15) is 0 Å². The van der Waals surface area contributed by atoms with Crippen molar-refractivity contribution in [3.05, 3.63) is 0 Å². The van der Waals surface area contributed by atoms with Crippen LogP contribution in [0.4, 0.5) is 0 Å². The number of hydrogen-bond donors (Lipinski definition) is 0. The van der Waals surface area contributed by atoms with Crippen molar-refractivity contribution in [1.29, 1.82) is 0 Å². The van der Waals surface area contributed by atoms with Crippen molar-refractivity contribution in [2.75, 3.05) is 32.7 Å². The summed E-state index contributed by atoms with van der Waals surface area (Å²) in [5, 5.41) is 0. The number of amides is 1. The van der Waals surface area contributed by atoms with E-state index in [2.05, 4.69) is 18.7 Å². The number of unbranched alkanes of at least 4 members (excludes halogenated alkanes) is 1. The Kier molecular flexibility index (Phi) is 6.69. The van der Waals surface area contributed by atoms with Crippen LogP contribution in [0, 0.1) is 11.8 Å². The number of piperazine rings is 1. The SMILES string of the molecule is CC(C)CCCCN1CCN(C(=O)C(C)C)CC1. The maximum Gasteiger partial charge on any atom is 0.225 e. The highest BCUT2D eigenvalue weighted by atomic mass is 16.2. The lowest BCUT2D eigenvalue weighted by molar-refractivity contribution is -0.136. The molecule has 1 rings (SSSR count). The lowest BCUT2D eigenvalue weighted by atomic mass is 10.1. The first kappa shape index (κ1) is 15.5. The molecule has 0 aromatic heterocycles. The third-order valence-corrected chi connectivity index (χ3v) is 3.68. The molecule has 3 nitrogen and oxygen atoms in total. The summed E-state index contributed by atoms with van der Waals surface area (Å²) in [5.74, 6) is 1.28. The van der Waals surface area contributed by atoms with Gasteiger partial charge in [0.05, 0.1) is 0 Å². The second kappa shape index (κ2) is 7.78. The first-order valence-corrected chi connectivity index (χ1v) is 7.52. The summed E-state index contributed by atoms with van der Waals surface area (Å²) in [7, 11) is 0. The molecule has 0 unspecified atom stereocenters. The van der Waals surface area contributed by atoms with Crippen molar-refractivity contribution in [3.63, 3.8) is 0 Å². The van der Waals surface area contributed by atoms with Gasteiger partial charge in [-0.25, -0.2) is 0 Å². The Morgan fingerprint density at radius 2 is 1.61 bits per heavy atom. The molecule has 0 aromatic rings. The molecule has 0 saturated carbocycles. The molecule has 0 radical (unpaired) electrons. The summed E-state index contributed by atoms with van der Waals surface area (Å²) in [6.45, 7) is 13.7. The maximum absolute atomic E-state index is 11.8. The fraction of sp³-hybridized carbons (Fsp3) is 0.933. The van der Waals surface area contributed by atoms with Crippen LogP contribution in [0.3, 0.4) is 0 Å². The van der Waals surface area contributed by atoms with Crippen molar-refractivity contribution in [1.82, 2.24) is 9.80 Å². The fourth-order valence-electron chi connectivity index (χ4n) is 2.45. The average Bonchev–Trinajstić information content (AvgIpc) is 2.34. The molecule has 0 bridgehead atoms. The van der Waals surface area contributed by atoms with Crippen molar-refractivity contribution < 1.29 is 4.79 Å². The Morgan fingerprint density at radius 3 is 2.11 bits per heavy atom. The van der Waals surface area contributed by atoms with Gasteiger partial charge in [-0.15, -0.1) is 0 Å². The van der Waals surface area contributed by atoms with Gasteiger partial charge in [-0.1, -0.05) is 40.5 Å². The molecule has 0 aromatic carbocycles. The molecule has 3 heteroatoms. The van der Waals surface area contributed by atoms with Crippen LogP contribution in [0.25, 0.3) is 0 Å². The second-order valence-electron chi connectivity index (χ2n) is 6.21. The standard InChI is InChI=1S/C15H30N2O/c1-13(2)7-5-6-8-16-9-11-17(12-10-16)15(18)14(3)4/h13-14H,5-12H2,1-4H3. The van der Waals surface area contributed by atoms with E-state index in [1.165, 1.54) is 25.8 Å². The van der Waals surface area contributed by atoms with Crippen LogP contribution in [0.1, 0.15) is 47.0 Å². The first-order chi connectivity index (χ1) is 8.50. The predicted octanol–water partition coefficient (Wildman–Crippen LogP) is 2.61. The summed E-state index contributed by atoms with van der Waals surface area (Å²) in [6, 6.07) is 0. The molecule has 1 aliphatic rings. The molecule has 1 amide bonds. The van der Waals surface area contributed by atoms with Crippen LogP contribution < -0.4 is 0 Å². The van der Waals surface area contributed by atoms with E-state index in [0.717, 1.165) is 32.1 Å². The molecule has 0 N–H and O–H groups in total. The van der Waals surface area contributed by atoms with Crippen LogP contribution in [-0.4, -0.2) is 48.4 Å². The fourth-order valence-corrected chi connectivity index (χ4v) is 2.45. The quantitative estimate of drug-likeness (QED) is 0.680. The van der Waals surface area contributed by atoms with Crippen LogP contribution >= 0.6 is 0 Å². The van der Waals surface area contributed by atoms with Gasteiger partial charge in [0.1, 0.15) is 0 Å². The minimum absolute atomic E-state index is 0.141. The Balaban J connectivity index is 2.14. The van der Waals surface area contributed by atoms with Crippen LogP contribution in [0.5, 0.6) is 0 Å². The smallest absolute Gasteiger partial charge is 0.225 e. The number of rotatable bonds is 6. The largest absolute Gasteiger partial charge is 0.340 e. The maximum atomic E-state index is 11.8. The molecule has 1 saturated heterocycles. The summed E-state index contributed by atoms with van der Waals surface area (Å²) in [4.78, 5) is 16.4. The third-order valence-electron chi connectivity index (χ3n) is 3.68. The highest BCUT2D eigenvalue weighted by Gasteiger charge is 2.22. The van der Waals surface area contributed by atoms with E-state index in [-0.39, 0.29) is 5.92 Å². The molecule has 1 aliphatic heterocycles. The topological polar surface area (TPSA) is 23.6 Å². The van der Waals surface area contributed by atoms with Crippen LogP contribution in [0.15, 0.2) is 0 Å². The molecule has 1 fully saturated rings. The van der Waals surface area contributed by atoms with Gasteiger partial charge in [0.15, 0.2) is 0 Å². The normalized spacial score (nSPS) is 17.8. The molecular weight excluding hydrogens is 224 g/mol. The zero-order valence-corrected chi connectivity index (χ0v) is 12.6. The minimum atomic E-state index is 0.141. The average molecular weight is 254 g/mol. The van der Waals surface area contributed by atoms with Gasteiger partial charge in [-0.3, -0.25) is 9.69 Å². The zero-order valence-electron chi connectivity index (χ0n) is 12.6. The van der Waals surface area contributed by atoms with Crippen LogP contribution in [-0.2, 0) is 4.79 Å². The van der Waals surface area contributed by atoms with Gasteiger partial charge in [0, 0.05) is 32.1 Å². The number of hydrogen-bond acceptors (Lipinski definition) is 2. The molecule has 1 heterocycles. The minimum Gasteiger partial charge on any atom is -0.340 e. The molecular formula is C15H30N2O. The van der Waals surface area contributed by atoms with Crippen molar-refractivity contribution >= 4 is 5.91 Å². The Hall–Kier alpha value is -0.570. The summed E-state index contributed by atoms with van der Waals surface area (Å²) in [5.41, 5.74) is 0. The van der Waals surface area contributed by atoms with E-state index < -0.39 is 0 Å². The van der Waals surface area contributed by atoms with E-state index in [1.807, 2.05) is 18.7 Å². The van der Waals surface area contributed by atoms with Gasteiger partial charge >= 0.3 is 0 Å². The predicted molar refractivity (Wildman–Crippen MR) is 76.5 cm³/mol. The van der Waals surface area contributed by atoms with Gasteiger partial charge in [0.25, 0.3) is 0 Å². The van der Waals surface area contributed by atoms with Gasteiger partial charge in [-0.05, 0) is 18.9 Å². The molecule has 0 aliphatic carbocycles. The Morgan fingerprint density at radius 1 is 1.00 bits per heavy atom. The summed E-state index contributed by atoms with van der Waals surface area (Å²) >= 11 is 0.